The van der Waals surface area contributed by atoms with Crippen molar-refractivity contribution in [3.8, 4) is 16.9 Å². The molecule has 3 rings (SSSR count). The molecule has 1 aromatic carbocycles. The quantitative estimate of drug-likeness (QED) is 0.684. The standard InChI is InChI=1S/C15H14N2O/c1-11-9-14-10-13(7-8-17(14)16-11)12-3-5-15(18-2)6-4-12/h3-10H,1-2H3. The van der Waals surface area contributed by atoms with E-state index in [-0.39, 0.29) is 0 Å². The topological polar surface area (TPSA) is 26.5 Å². The summed E-state index contributed by atoms with van der Waals surface area (Å²) in [6.07, 6.45) is 1.99. The lowest BCUT2D eigenvalue weighted by molar-refractivity contribution is 0.415. The van der Waals surface area contributed by atoms with Crippen LogP contribution in [0.25, 0.3) is 16.6 Å². The van der Waals surface area contributed by atoms with Gasteiger partial charge >= 0.3 is 0 Å². The number of hydrogen-bond acceptors (Lipinski definition) is 2. The van der Waals surface area contributed by atoms with E-state index in [4.69, 9.17) is 4.74 Å². The third-order valence-electron chi connectivity index (χ3n) is 3.01. The summed E-state index contributed by atoms with van der Waals surface area (Å²) in [6, 6.07) is 14.4. The van der Waals surface area contributed by atoms with Gasteiger partial charge in [0.25, 0.3) is 0 Å². The number of aryl methyl sites for hydroxylation is 1. The number of pyridine rings is 1. The highest BCUT2D eigenvalue weighted by Gasteiger charge is 2.02. The van der Waals surface area contributed by atoms with Crippen molar-refractivity contribution in [1.29, 1.82) is 0 Å². The SMILES string of the molecule is COc1ccc(-c2ccn3nc(C)cc3c2)cc1. The summed E-state index contributed by atoms with van der Waals surface area (Å²) in [6.45, 7) is 2.00. The third kappa shape index (κ3) is 1.84. The lowest BCUT2D eigenvalue weighted by atomic mass is 10.1. The van der Waals surface area contributed by atoms with E-state index in [1.807, 2.05) is 29.8 Å². The number of aromatic nitrogens is 2. The molecule has 0 aliphatic rings. The minimum Gasteiger partial charge on any atom is -0.497 e. The summed E-state index contributed by atoms with van der Waals surface area (Å²) in [5.41, 5.74) is 4.50. The molecule has 90 valence electrons. The van der Waals surface area contributed by atoms with E-state index in [0.717, 1.165) is 17.0 Å². The Morgan fingerprint density at radius 3 is 2.50 bits per heavy atom. The molecule has 0 aliphatic carbocycles. The molecule has 18 heavy (non-hydrogen) atoms. The average molecular weight is 238 g/mol. The van der Waals surface area contributed by atoms with Crippen LogP contribution in [0.5, 0.6) is 5.75 Å². The molecule has 3 heteroatoms. The largest absolute Gasteiger partial charge is 0.497 e. The molecular weight excluding hydrogens is 224 g/mol. The molecule has 0 fully saturated rings. The summed E-state index contributed by atoms with van der Waals surface area (Å²) in [7, 11) is 1.68. The third-order valence-corrected chi connectivity index (χ3v) is 3.01. The fraction of sp³-hybridized carbons (Fsp3) is 0.133. The van der Waals surface area contributed by atoms with E-state index < -0.39 is 0 Å². The Morgan fingerprint density at radius 1 is 1.00 bits per heavy atom. The minimum absolute atomic E-state index is 0.875. The molecule has 0 saturated heterocycles. The molecule has 2 aromatic heterocycles. The number of fused-ring (bicyclic) bond motifs is 1. The van der Waals surface area contributed by atoms with Crippen LogP contribution >= 0.6 is 0 Å². The Labute approximate surface area is 106 Å². The average Bonchev–Trinajstić information content (AvgIpc) is 2.78. The number of nitrogens with zero attached hydrogens (tertiary/aromatic N) is 2. The molecular formula is C15H14N2O. The van der Waals surface area contributed by atoms with Gasteiger partial charge in [-0.15, -0.1) is 0 Å². The first-order valence-electron chi connectivity index (χ1n) is 5.87. The van der Waals surface area contributed by atoms with E-state index >= 15 is 0 Å². The van der Waals surface area contributed by atoms with Gasteiger partial charge in [0.2, 0.25) is 0 Å². The maximum absolute atomic E-state index is 5.16. The maximum atomic E-state index is 5.16. The van der Waals surface area contributed by atoms with Crippen LogP contribution in [0.4, 0.5) is 0 Å². The molecule has 0 atom stereocenters. The van der Waals surface area contributed by atoms with Crippen LogP contribution in [0, 0.1) is 6.92 Å². The predicted molar refractivity (Wildman–Crippen MR) is 71.9 cm³/mol. The van der Waals surface area contributed by atoms with Gasteiger partial charge < -0.3 is 4.74 Å². The van der Waals surface area contributed by atoms with Crippen molar-refractivity contribution in [2.45, 2.75) is 6.92 Å². The summed E-state index contributed by atoms with van der Waals surface area (Å²) in [5.74, 6) is 0.875. The zero-order chi connectivity index (χ0) is 12.5. The van der Waals surface area contributed by atoms with Gasteiger partial charge in [0, 0.05) is 6.20 Å². The van der Waals surface area contributed by atoms with Crippen molar-refractivity contribution < 1.29 is 4.74 Å². The first-order valence-corrected chi connectivity index (χ1v) is 5.87. The van der Waals surface area contributed by atoms with Gasteiger partial charge in [0.15, 0.2) is 0 Å². The van der Waals surface area contributed by atoms with Crippen LogP contribution in [0.2, 0.25) is 0 Å². The predicted octanol–water partition coefficient (Wildman–Crippen LogP) is 3.32. The van der Waals surface area contributed by atoms with Crippen molar-refractivity contribution in [2.24, 2.45) is 0 Å². The van der Waals surface area contributed by atoms with Crippen LogP contribution < -0.4 is 4.74 Å². The second-order valence-corrected chi connectivity index (χ2v) is 4.30. The molecule has 0 N–H and O–H groups in total. The van der Waals surface area contributed by atoms with E-state index in [1.54, 1.807) is 7.11 Å². The molecule has 0 aliphatic heterocycles. The van der Waals surface area contributed by atoms with Gasteiger partial charge in [-0.2, -0.15) is 5.10 Å². The van der Waals surface area contributed by atoms with Crippen molar-refractivity contribution in [3.05, 3.63) is 54.4 Å². The van der Waals surface area contributed by atoms with Crippen molar-refractivity contribution in [3.63, 3.8) is 0 Å². The highest BCUT2D eigenvalue weighted by molar-refractivity contribution is 5.69. The Kier molecular flexibility index (Phi) is 2.52. The first-order chi connectivity index (χ1) is 8.76. The van der Waals surface area contributed by atoms with Gasteiger partial charge in [-0.25, -0.2) is 4.52 Å². The fourth-order valence-corrected chi connectivity index (χ4v) is 2.09. The molecule has 0 spiro atoms. The number of methoxy groups -OCH3 is 1. The lowest BCUT2D eigenvalue weighted by Crippen LogP contribution is -1.87. The molecule has 2 heterocycles. The van der Waals surface area contributed by atoms with E-state index in [2.05, 4.69) is 35.4 Å². The van der Waals surface area contributed by atoms with Crippen LogP contribution in [0.15, 0.2) is 48.7 Å². The zero-order valence-electron chi connectivity index (χ0n) is 10.4. The van der Waals surface area contributed by atoms with Gasteiger partial charge in [-0.1, -0.05) is 12.1 Å². The number of ether oxygens (including phenoxy) is 1. The number of rotatable bonds is 2. The lowest BCUT2D eigenvalue weighted by Gasteiger charge is -2.04. The second kappa shape index (κ2) is 4.18. The Morgan fingerprint density at radius 2 is 1.78 bits per heavy atom. The highest BCUT2D eigenvalue weighted by atomic mass is 16.5. The summed E-state index contributed by atoms with van der Waals surface area (Å²) in [4.78, 5) is 0. The van der Waals surface area contributed by atoms with Gasteiger partial charge in [-0.3, -0.25) is 0 Å². The second-order valence-electron chi connectivity index (χ2n) is 4.30. The highest BCUT2D eigenvalue weighted by Crippen LogP contribution is 2.23. The fourth-order valence-electron chi connectivity index (χ4n) is 2.09. The van der Waals surface area contributed by atoms with Crippen LogP contribution in [-0.4, -0.2) is 16.7 Å². The van der Waals surface area contributed by atoms with Crippen molar-refractivity contribution >= 4 is 5.52 Å². The van der Waals surface area contributed by atoms with E-state index in [9.17, 15) is 0 Å². The van der Waals surface area contributed by atoms with Gasteiger partial charge in [0.1, 0.15) is 5.75 Å². The summed E-state index contributed by atoms with van der Waals surface area (Å²) in [5, 5.41) is 4.37. The molecule has 0 radical (unpaired) electrons. The van der Waals surface area contributed by atoms with Crippen molar-refractivity contribution in [1.82, 2.24) is 9.61 Å². The number of hydrogen-bond donors (Lipinski definition) is 0. The van der Waals surface area contributed by atoms with Gasteiger partial charge in [0.05, 0.1) is 18.3 Å². The van der Waals surface area contributed by atoms with Crippen LogP contribution in [0.3, 0.4) is 0 Å². The Balaban J connectivity index is 2.06. The Bertz CT molecular complexity index is 683. The maximum Gasteiger partial charge on any atom is 0.118 e. The number of benzene rings is 1. The molecule has 0 amide bonds. The zero-order valence-corrected chi connectivity index (χ0v) is 10.4. The van der Waals surface area contributed by atoms with Crippen LogP contribution in [0.1, 0.15) is 5.69 Å². The normalized spacial score (nSPS) is 10.8. The molecule has 0 saturated carbocycles. The summed E-state index contributed by atoms with van der Waals surface area (Å²) >= 11 is 0. The minimum atomic E-state index is 0.875. The van der Waals surface area contributed by atoms with Gasteiger partial charge in [-0.05, 0) is 48.4 Å². The van der Waals surface area contributed by atoms with Crippen molar-refractivity contribution in [2.75, 3.05) is 7.11 Å². The molecule has 3 nitrogen and oxygen atoms in total. The molecule has 0 unspecified atom stereocenters. The molecule has 3 aromatic rings. The smallest absolute Gasteiger partial charge is 0.118 e. The monoisotopic (exact) mass is 238 g/mol. The Hall–Kier alpha value is -2.29. The molecule has 0 bridgehead atoms. The van der Waals surface area contributed by atoms with E-state index in [0.29, 0.717) is 0 Å². The van der Waals surface area contributed by atoms with Crippen LogP contribution in [-0.2, 0) is 0 Å². The van der Waals surface area contributed by atoms with E-state index in [1.165, 1.54) is 11.1 Å². The summed E-state index contributed by atoms with van der Waals surface area (Å²) < 4.78 is 7.06. The first kappa shape index (κ1) is 10.8.